The van der Waals surface area contributed by atoms with E-state index in [1.54, 1.807) is 10.7 Å². The van der Waals surface area contributed by atoms with Crippen LogP contribution in [-0.2, 0) is 16.0 Å². The molecular weight excluding hydrogens is 400 g/mol. The van der Waals surface area contributed by atoms with Gasteiger partial charge in [-0.1, -0.05) is 42.8 Å². The number of fused-ring (bicyclic) bond motifs is 1. The molecule has 2 heterocycles. The second kappa shape index (κ2) is 7.95. The molecule has 7 heteroatoms. The smallest absolute Gasteiger partial charge is 0.251 e. The average molecular weight is 423 g/mol. The summed E-state index contributed by atoms with van der Waals surface area (Å²) in [6.45, 7) is 5.92. The predicted octanol–water partition coefficient (Wildman–Crippen LogP) is 4.90. The molecule has 30 heavy (non-hydrogen) atoms. The van der Waals surface area contributed by atoms with E-state index in [4.69, 9.17) is 11.6 Å². The van der Waals surface area contributed by atoms with Gasteiger partial charge in [0.2, 0.25) is 5.91 Å². The highest BCUT2D eigenvalue weighted by Crippen LogP contribution is 2.39. The third kappa shape index (κ3) is 3.71. The van der Waals surface area contributed by atoms with Crippen molar-refractivity contribution in [1.29, 1.82) is 0 Å². The molecule has 0 radical (unpaired) electrons. The molecule has 1 aliphatic heterocycles. The molecule has 3 aromatic rings. The largest absolute Gasteiger partial charge is 0.326 e. The Labute approximate surface area is 180 Å². The fourth-order valence-electron chi connectivity index (χ4n) is 3.76. The van der Waals surface area contributed by atoms with E-state index in [1.165, 1.54) is 0 Å². The third-order valence-corrected chi connectivity index (χ3v) is 5.55. The molecule has 0 spiro atoms. The van der Waals surface area contributed by atoms with Crippen molar-refractivity contribution in [1.82, 2.24) is 9.78 Å². The zero-order chi connectivity index (χ0) is 21.4. The van der Waals surface area contributed by atoms with Crippen molar-refractivity contribution < 1.29 is 9.59 Å². The number of nitrogens with one attached hydrogen (secondary N) is 2. The fraction of sp³-hybridized carbons (Fsp3) is 0.261. The molecule has 1 aliphatic rings. The summed E-state index contributed by atoms with van der Waals surface area (Å²) in [5.74, 6) is 0.151. The van der Waals surface area contributed by atoms with Crippen LogP contribution < -0.4 is 10.6 Å². The summed E-state index contributed by atoms with van der Waals surface area (Å²) in [6.07, 6.45) is 0.700. The van der Waals surface area contributed by atoms with Crippen LogP contribution in [0.1, 0.15) is 36.2 Å². The first-order chi connectivity index (χ1) is 14.4. The zero-order valence-corrected chi connectivity index (χ0v) is 17.9. The summed E-state index contributed by atoms with van der Waals surface area (Å²) in [5.41, 5.74) is 5.39. The van der Waals surface area contributed by atoms with Crippen molar-refractivity contribution in [3.05, 3.63) is 64.3 Å². The molecule has 1 unspecified atom stereocenters. The molecule has 2 aromatic carbocycles. The molecule has 1 aromatic heterocycles. The highest BCUT2D eigenvalue weighted by Gasteiger charge is 2.36. The lowest BCUT2D eigenvalue weighted by atomic mass is 10.0. The van der Waals surface area contributed by atoms with Gasteiger partial charge in [0.15, 0.2) is 0 Å². The van der Waals surface area contributed by atoms with Gasteiger partial charge in [0.05, 0.1) is 12.1 Å². The maximum Gasteiger partial charge on any atom is 0.251 e. The SMILES string of the molecule is CCc1nn2c(c1-c1cccc(Cl)c1)NC(=O)C2CC(=O)Nc1cc(C)ccc1C. The van der Waals surface area contributed by atoms with E-state index in [-0.39, 0.29) is 18.2 Å². The van der Waals surface area contributed by atoms with Gasteiger partial charge in [0, 0.05) is 16.3 Å². The molecule has 4 rings (SSSR count). The van der Waals surface area contributed by atoms with Gasteiger partial charge in [0.1, 0.15) is 11.9 Å². The Morgan fingerprint density at radius 3 is 2.77 bits per heavy atom. The standard InChI is InChI=1S/C23H23ClN4O2/c1-4-17-21(15-6-5-7-16(24)11-15)22-26-23(30)19(28(22)27-17)12-20(29)25-18-10-13(2)8-9-14(18)3/h5-11,19H,4,12H2,1-3H3,(H,25,29)(H,26,30). The fourth-order valence-corrected chi connectivity index (χ4v) is 3.95. The van der Waals surface area contributed by atoms with Gasteiger partial charge in [-0.3, -0.25) is 9.59 Å². The van der Waals surface area contributed by atoms with Gasteiger partial charge in [0.25, 0.3) is 5.91 Å². The van der Waals surface area contributed by atoms with Gasteiger partial charge in [-0.2, -0.15) is 5.10 Å². The maximum absolute atomic E-state index is 12.7. The topological polar surface area (TPSA) is 76.0 Å². The van der Waals surface area contributed by atoms with Gasteiger partial charge >= 0.3 is 0 Å². The molecule has 0 bridgehead atoms. The monoisotopic (exact) mass is 422 g/mol. The minimum atomic E-state index is -0.691. The van der Waals surface area contributed by atoms with E-state index in [0.29, 0.717) is 17.3 Å². The van der Waals surface area contributed by atoms with E-state index in [9.17, 15) is 9.59 Å². The Balaban J connectivity index is 1.63. The predicted molar refractivity (Wildman–Crippen MR) is 119 cm³/mol. The van der Waals surface area contributed by atoms with Gasteiger partial charge in [-0.15, -0.1) is 0 Å². The average Bonchev–Trinajstić information content (AvgIpc) is 3.20. The van der Waals surface area contributed by atoms with Crippen molar-refractivity contribution in [2.45, 2.75) is 39.7 Å². The lowest BCUT2D eigenvalue weighted by Crippen LogP contribution is -2.24. The van der Waals surface area contributed by atoms with Crippen LogP contribution in [0.3, 0.4) is 0 Å². The zero-order valence-electron chi connectivity index (χ0n) is 17.1. The van der Waals surface area contributed by atoms with Crippen LogP contribution in [0.5, 0.6) is 0 Å². The van der Waals surface area contributed by atoms with E-state index < -0.39 is 6.04 Å². The van der Waals surface area contributed by atoms with Gasteiger partial charge in [-0.25, -0.2) is 4.68 Å². The van der Waals surface area contributed by atoms with Crippen LogP contribution in [0.15, 0.2) is 42.5 Å². The number of benzene rings is 2. The molecule has 0 aliphatic carbocycles. The van der Waals surface area contributed by atoms with E-state index in [2.05, 4.69) is 15.7 Å². The van der Waals surface area contributed by atoms with Crippen molar-refractivity contribution in [2.75, 3.05) is 10.6 Å². The second-order valence-corrected chi connectivity index (χ2v) is 7.99. The van der Waals surface area contributed by atoms with E-state index in [1.807, 2.05) is 57.2 Å². The molecule has 0 fully saturated rings. The molecule has 0 saturated heterocycles. The summed E-state index contributed by atoms with van der Waals surface area (Å²) in [7, 11) is 0. The first-order valence-corrected chi connectivity index (χ1v) is 10.3. The highest BCUT2D eigenvalue weighted by atomic mass is 35.5. The Bertz CT molecular complexity index is 1150. The van der Waals surface area contributed by atoms with Crippen LogP contribution in [0, 0.1) is 13.8 Å². The molecular formula is C23H23ClN4O2. The second-order valence-electron chi connectivity index (χ2n) is 7.55. The Hall–Kier alpha value is -3.12. The summed E-state index contributed by atoms with van der Waals surface area (Å²) in [6, 6.07) is 12.7. The van der Waals surface area contributed by atoms with E-state index >= 15 is 0 Å². The van der Waals surface area contributed by atoms with Crippen LogP contribution in [-0.4, -0.2) is 21.6 Å². The lowest BCUT2D eigenvalue weighted by molar-refractivity contribution is -0.123. The van der Waals surface area contributed by atoms with Crippen LogP contribution in [0.4, 0.5) is 11.5 Å². The number of rotatable bonds is 5. The van der Waals surface area contributed by atoms with Crippen LogP contribution >= 0.6 is 11.6 Å². The number of anilines is 2. The lowest BCUT2D eigenvalue weighted by Gasteiger charge is -2.12. The number of nitrogens with zero attached hydrogens (tertiary/aromatic N) is 2. The maximum atomic E-state index is 12.7. The number of hydrogen-bond donors (Lipinski definition) is 2. The number of carbonyl (C=O) groups excluding carboxylic acids is 2. The number of halogens is 1. The molecule has 154 valence electrons. The normalized spacial score (nSPS) is 15.1. The Kier molecular flexibility index (Phi) is 5.35. The molecule has 2 amide bonds. The molecule has 0 saturated carbocycles. The first kappa shape index (κ1) is 20.2. The Morgan fingerprint density at radius 2 is 2.03 bits per heavy atom. The molecule has 2 N–H and O–H groups in total. The van der Waals surface area contributed by atoms with Crippen LogP contribution in [0.2, 0.25) is 5.02 Å². The number of aryl methyl sites for hydroxylation is 3. The van der Waals surface area contributed by atoms with Crippen LogP contribution in [0.25, 0.3) is 11.1 Å². The van der Waals surface area contributed by atoms with Crippen molar-refractivity contribution in [3.8, 4) is 11.1 Å². The van der Waals surface area contributed by atoms with Gasteiger partial charge < -0.3 is 10.6 Å². The van der Waals surface area contributed by atoms with E-state index in [0.717, 1.165) is 33.6 Å². The minimum Gasteiger partial charge on any atom is -0.326 e. The van der Waals surface area contributed by atoms with Crippen molar-refractivity contribution in [2.24, 2.45) is 0 Å². The number of amides is 2. The molecule has 6 nitrogen and oxygen atoms in total. The number of carbonyl (C=O) groups is 2. The minimum absolute atomic E-state index is 0.00599. The highest BCUT2D eigenvalue weighted by molar-refractivity contribution is 6.30. The summed E-state index contributed by atoms with van der Waals surface area (Å²) in [5, 5.41) is 11.1. The summed E-state index contributed by atoms with van der Waals surface area (Å²) < 4.78 is 1.64. The number of hydrogen-bond acceptors (Lipinski definition) is 3. The summed E-state index contributed by atoms with van der Waals surface area (Å²) >= 11 is 6.17. The van der Waals surface area contributed by atoms with Crippen molar-refractivity contribution in [3.63, 3.8) is 0 Å². The molecule has 1 atom stereocenters. The van der Waals surface area contributed by atoms with Gasteiger partial charge in [-0.05, 0) is 55.2 Å². The number of aromatic nitrogens is 2. The first-order valence-electron chi connectivity index (χ1n) is 9.92. The Morgan fingerprint density at radius 1 is 1.23 bits per heavy atom. The van der Waals surface area contributed by atoms with Crippen molar-refractivity contribution >= 4 is 34.9 Å². The quantitative estimate of drug-likeness (QED) is 0.613. The third-order valence-electron chi connectivity index (χ3n) is 5.32. The summed E-state index contributed by atoms with van der Waals surface area (Å²) in [4.78, 5) is 25.4.